The first-order valence-electron chi connectivity index (χ1n) is 5.96. The number of allylic oxidation sites excluding steroid dienone is 2. The van der Waals surface area contributed by atoms with Gasteiger partial charge in [0.05, 0.1) is 0 Å². The van der Waals surface area contributed by atoms with E-state index >= 15 is 0 Å². The number of Topliss-reactive ketones (excluding diaryl/α,β-unsaturated/α-hetero) is 1. The molecule has 1 nitrogen and oxygen atoms in total. The summed E-state index contributed by atoms with van der Waals surface area (Å²) < 4.78 is 0. The van der Waals surface area contributed by atoms with E-state index < -0.39 is 0 Å². The van der Waals surface area contributed by atoms with E-state index in [1.165, 1.54) is 32.1 Å². The molecule has 2 aliphatic carbocycles. The average Bonchev–Trinajstić information content (AvgIpc) is 2.41. The van der Waals surface area contributed by atoms with Gasteiger partial charge < -0.3 is 0 Å². The molecule has 0 aromatic heterocycles. The Morgan fingerprint density at radius 3 is 3.00 bits per heavy atom. The molecule has 0 amide bonds. The summed E-state index contributed by atoms with van der Waals surface area (Å²) in [6.07, 6.45) is 11.3. The van der Waals surface area contributed by atoms with Crippen LogP contribution in [0.15, 0.2) is 11.6 Å². The number of fused-ring (bicyclic) bond motifs is 1. The highest BCUT2D eigenvalue weighted by Gasteiger charge is 2.27. The second-order valence-corrected chi connectivity index (χ2v) is 4.85. The molecule has 2 rings (SSSR count). The maximum atomic E-state index is 11.3. The summed E-state index contributed by atoms with van der Waals surface area (Å²) in [5, 5.41) is 0. The number of carbonyl (C=O) groups is 1. The Morgan fingerprint density at radius 1 is 1.36 bits per heavy atom. The zero-order chi connectivity index (χ0) is 9.97. The van der Waals surface area contributed by atoms with Crippen molar-refractivity contribution in [3.8, 4) is 0 Å². The van der Waals surface area contributed by atoms with E-state index in [2.05, 4.69) is 6.08 Å². The highest BCUT2D eigenvalue weighted by atomic mass is 16.1. The molecule has 1 saturated carbocycles. The zero-order valence-corrected chi connectivity index (χ0v) is 9.09. The molecule has 2 aliphatic rings. The van der Waals surface area contributed by atoms with Crippen molar-refractivity contribution in [2.24, 2.45) is 11.8 Å². The van der Waals surface area contributed by atoms with Crippen LogP contribution in [0, 0.1) is 11.8 Å². The van der Waals surface area contributed by atoms with Crippen LogP contribution < -0.4 is 0 Å². The highest BCUT2D eigenvalue weighted by Crippen LogP contribution is 2.37. The fraction of sp³-hybridized carbons (Fsp3) is 0.769. The van der Waals surface area contributed by atoms with Crippen molar-refractivity contribution in [2.75, 3.05) is 0 Å². The fourth-order valence-corrected chi connectivity index (χ4v) is 2.89. The minimum absolute atomic E-state index is 0.335. The Labute approximate surface area is 86.6 Å². The highest BCUT2D eigenvalue weighted by molar-refractivity contribution is 5.78. The molecule has 0 radical (unpaired) electrons. The topological polar surface area (TPSA) is 17.1 Å². The van der Waals surface area contributed by atoms with Gasteiger partial charge in [0.15, 0.2) is 0 Å². The molecule has 0 saturated heterocycles. The Hall–Kier alpha value is -0.590. The SMILES string of the molecule is CC(=O)C1CC=C2CCCCCC2C1. The van der Waals surface area contributed by atoms with E-state index in [0.29, 0.717) is 11.7 Å². The van der Waals surface area contributed by atoms with Crippen LogP contribution in [0.2, 0.25) is 0 Å². The number of rotatable bonds is 1. The standard InChI is InChI=1S/C13H20O/c1-10(14)12-8-7-11-5-3-2-4-6-13(11)9-12/h7,12-13H,2-6,8-9H2,1H3. The predicted molar refractivity (Wildman–Crippen MR) is 58.1 cm³/mol. The Kier molecular flexibility index (Phi) is 3.05. The summed E-state index contributed by atoms with van der Waals surface area (Å²) in [5.74, 6) is 1.48. The summed E-state index contributed by atoms with van der Waals surface area (Å²) in [6, 6.07) is 0. The van der Waals surface area contributed by atoms with Gasteiger partial charge in [-0.2, -0.15) is 0 Å². The molecule has 0 aromatic carbocycles. The van der Waals surface area contributed by atoms with Crippen molar-refractivity contribution in [3.63, 3.8) is 0 Å². The van der Waals surface area contributed by atoms with Crippen LogP contribution in [-0.4, -0.2) is 5.78 Å². The van der Waals surface area contributed by atoms with Crippen molar-refractivity contribution < 1.29 is 4.79 Å². The Bertz CT molecular complexity index is 252. The second kappa shape index (κ2) is 4.29. The normalized spacial score (nSPS) is 32.8. The summed E-state index contributed by atoms with van der Waals surface area (Å²) >= 11 is 0. The smallest absolute Gasteiger partial charge is 0.133 e. The van der Waals surface area contributed by atoms with Gasteiger partial charge in [-0.25, -0.2) is 0 Å². The lowest BCUT2D eigenvalue weighted by atomic mass is 9.77. The lowest BCUT2D eigenvalue weighted by Crippen LogP contribution is -2.20. The second-order valence-electron chi connectivity index (χ2n) is 4.85. The summed E-state index contributed by atoms with van der Waals surface area (Å²) in [5.41, 5.74) is 1.67. The van der Waals surface area contributed by atoms with Gasteiger partial charge in [0.25, 0.3) is 0 Å². The van der Waals surface area contributed by atoms with Crippen LogP contribution in [0.5, 0.6) is 0 Å². The summed E-state index contributed by atoms with van der Waals surface area (Å²) in [4.78, 5) is 11.3. The van der Waals surface area contributed by atoms with Crippen LogP contribution >= 0.6 is 0 Å². The van der Waals surface area contributed by atoms with Gasteiger partial charge in [-0.1, -0.05) is 24.5 Å². The number of ketones is 1. The molecule has 0 spiro atoms. The molecule has 2 unspecified atom stereocenters. The third-order valence-corrected chi connectivity index (χ3v) is 3.85. The lowest BCUT2D eigenvalue weighted by Gasteiger charge is -2.27. The van der Waals surface area contributed by atoms with Crippen molar-refractivity contribution in [2.45, 2.75) is 51.9 Å². The number of hydrogen-bond donors (Lipinski definition) is 0. The first kappa shape index (κ1) is 9.95. The maximum absolute atomic E-state index is 11.3. The first-order valence-corrected chi connectivity index (χ1v) is 5.96. The molecule has 78 valence electrons. The Morgan fingerprint density at radius 2 is 2.21 bits per heavy atom. The van der Waals surface area contributed by atoms with Crippen molar-refractivity contribution in [1.82, 2.24) is 0 Å². The molecule has 1 heteroatoms. The molecule has 14 heavy (non-hydrogen) atoms. The van der Waals surface area contributed by atoms with Crippen LogP contribution in [0.1, 0.15) is 51.9 Å². The third kappa shape index (κ3) is 2.08. The minimum Gasteiger partial charge on any atom is -0.300 e. The fourth-order valence-electron chi connectivity index (χ4n) is 2.89. The molecular formula is C13H20O. The van der Waals surface area contributed by atoms with Crippen LogP contribution in [0.25, 0.3) is 0 Å². The van der Waals surface area contributed by atoms with Crippen LogP contribution in [0.4, 0.5) is 0 Å². The molecule has 0 N–H and O–H groups in total. The summed E-state index contributed by atoms with van der Waals surface area (Å²) in [7, 11) is 0. The van der Waals surface area contributed by atoms with E-state index in [4.69, 9.17) is 0 Å². The predicted octanol–water partition coefficient (Wildman–Crippen LogP) is 3.49. The lowest BCUT2D eigenvalue weighted by molar-refractivity contribution is -0.121. The summed E-state index contributed by atoms with van der Waals surface area (Å²) in [6.45, 7) is 1.75. The van der Waals surface area contributed by atoms with E-state index in [1.54, 1.807) is 12.5 Å². The molecular weight excluding hydrogens is 172 g/mol. The third-order valence-electron chi connectivity index (χ3n) is 3.85. The van der Waals surface area contributed by atoms with Gasteiger partial charge in [-0.15, -0.1) is 0 Å². The van der Waals surface area contributed by atoms with Crippen molar-refractivity contribution >= 4 is 5.78 Å². The van der Waals surface area contributed by atoms with E-state index in [9.17, 15) is 4.79 Å². The van der Waals surface area contributed by atoms with Gasteiger partial charge in [-0.3, -0.25) is 4.79 Å². The van der Waals surface area contributed by atoms with Crippen molar-refractivity contribution in [3.05, 3.63) is 11.6 Å². The molecule has 0 bridgehead atoms. The molecule has 2 atom stereocenters. The molecule has 0 aromatic rings. The van der Waals surface area contributed by atoms with Crippen molar-refractivity contribution in [1.29, 1.82) is 0 Å². The first-order chi connectivity index (χ1) is 6.77. The minimum atomic E-state index is 0.335. The Balaban J connectivity index is 2.07. The van der Waals surface area contributed by atoms with Gasteiger partial charge in [-0.05, 0) is 44.9 Å². The number of hydrogen-bond acceptors (Lipinski definition) is 1. The molecule has 1 fully saturated rings. The largest absolute Gasteiger partial charge is 0.300 e. The molecule has 0 aliphatic heterocycles. The van der Waals surface area contributed by atoms with Gasteiger partial charge in [0.1, 0.15) is 5.78 Å². The van der Waals surface area contributed by atoms with Gasteiger partial charge in [0.2, 0.25) is 0 Å². The maximum Gasteiger partial charge on any atom is 0.133 e. The quantitative estimate of drug-likeness (QED) is 0.581. The van der Waals surface area contributed by atoms with E-state index in [0.717, 1.165) is 18.8 Å². The number of carbonyl (C=O) groups excluding carboxylic acids is 1. The van der Waals surface area contributed by atoms with Crippen LogP contribution in [-0.2, 0) is 4.79 Å². The monoisotopic (exact) mass is 192 g/mol. The van der Waals surface area contributed by atoms with Gasteiger partial charge in [0, 0.05) is 5.92 Å². The van der Waals surface area contributed by atoms with E-state index in [-0.39, 0.29) is 0 Å². The van der Waals surface area contributed by atoms with E-state index in [1.807, 2.05) is 0 Å². The van der Waals surface area contributed by atoms with Gasteiger partial charge >= 0.3 is 0 Å². The molecule has 0 heterocycles. The van der Waals surface area contributed by atoms with Crippen LogP contribution in [0.3, 0.4) is 0 Å². The zero-order valence-electron chi connectivity index (χ0n) is 9.09. The average molecular weight is 192 g/mol.